The summed E-state index contributed by atoms with van der Waals surface area (Å²) in [5.41, 5.74) is 1.91. The fraction of sp³-hybridized carbons (Fsp3) is 0.571. The number of nitrogens with one attached hydrogen (secondary N) is 1. The Labute approximate surface area is 75.9 Å². The molecule has 0 spiro atoms. The maximum atomic E-state index is 11.1. The molecule has 0 saturated heterocycles. The van der Waals surface area contributed by atoms with Gasteiger partial charge in [-0.15, -0.1) is 10.2 Å². The smallest absolute Gasteiger partial charge is 0.427 e. The van der Waals surface area contributed by atoms with Gasteiger partial charge in [-0.1, -0.05) is 0 Å². The largest absolute Gasteiger partial charge is 0.443 e. The molecule has 1 amide bonds. The van der Waals surface area contributed by atoms with E-state index >= 15 is 0 Å². The van der Waals surface area contributed by atoms with Gasteiger partial charge in [-0.3, -0.25) is 0 Å². The van der Waals surface area contributed by atoms with Gasteiger partial charge < -0.3 is 4.74 Å². The summed E-state index contributed by atoms with van der Waals surface area (Å²) in [7, 11) is 0. The Hall–Kier alpha value is -1.59. The molecule has 0 aromatic carbocycles. The van der Waals surface area contributed by atoms with Crippen molar-refractivity contribution in [2.75, 3.05) is 5.43 Å². The highest BCUT2D eigenvalue weighted by Crippen LogP contribution is 2.06. The van der Waals surface area contributed by atoms with E-state index < -0.39 is 11.7 Å². The number of amides is 1. The van der Waals surface area contributed by atoms with Crippen molar-refractivity contribution in [3.8, 4) is 0 Å². The normalized spacial score (nSPS) is 11.0. The third kappa shape index (κ3) is 3.55. The van der Waals surface area contributed by atoms with E-state index in [-0.39, 0.29) is 0 Å². The molecule has 72 valence electrons. The van der Waals surface area contributed by atoms with Crippen molar-refractivity contribution in [1.82, 2.24) is 14.9 Å². The molecule has 0 saturated carbocycles. The van der Waals surface area contributed by atoms with Gasteiger partial charge in [0.1, 0.15) is 18.3 Å². The second-order valence-corrected chi connectivity index (χ2v) is 3.48. The topological polar surface area (TPSA) is 69.0 Å². The zero-order chi connectivity index (χ0) is 9.90. The molecule has 6 heteroatoms. The Balaban J connectivity index is 2.43. The van der Waals surface area contributed by atoms with Gasteiger partial charge in [0.15, 0.2) is 0 Å². The Morgan fingerprint density at radius 2 is 1.92 bits per heavy atom. The predicted molar refractivity (Wildman–Crippen MR) is 45.6 cm³/mol. The van der Waals surface area contributed by atoms with E-state index in [1.165, 1.54) is 17.3 Å². The Morgan fingerprint density at radius 1 is 1.38 bits per heavy atom. The summed E-state index contributed by atoms with van der Waals surface area (Å²) in [6.45, 7) is 5.37. The molecule has 1 rings (SSSR count). The molecule has 1 N–H and O–H groups in total. The molecular formula is C7H12N4O2. The minimum absolute atomic E-state index is 0.502. The van der Waals surface area contributed by atoms with Crippen LogP contribution in [0.3, 0.4) is 0 Å². The molecule has 0 fully saturated rings. The van der Waals surface area contributed by atoms with Crippen molar-refractivity contribution in [3.63, 3.8) is 0 Å². The van der Waals surface area contributed by atoms with E-state index in [9.17, 15) is 4.79 Å². The molecule has 0 aliphatic carbocycles. The second-order valence-electron chi connectivity index (χ2n) is 3.48. The van der Waals surface area contributed by atoms with Crippen molar-refractivity contribution in [3.05, 3.63) is 12.7 Å². The summed E-state index contributed by atoms with van der Waals surface area (Å²) in [6, 6.07) is 0. The van der Waals surface area contributed by atoms with Gasteiger partial charge >= 0.3 is 6.09 Å². The molecular weight excluding hydrogens is 172 g/mol. The molecule has 0 radical (unpaired) electrons. The van der Waals surface area contributed by atoms with Crippen molar-refractivity contribution < 1.29 is 9.53 Å². The summed E-state index contributed by atoms with van der Waals surface area (Å²) in [4.78, 5) is 11.1. The lowest BCUT2D eigenvalue weighted by atomic mass is 10.2. The maximum Gasteiger partial charge on any atom is 0.427 e. The highest BCUT2D eigenvalue weighted by molar-refractivity contribution is 5.75. The average Bonchev–Trinajstić information content (AvgIpc) is 2.34. The summed E-state index contributed by atoms with van der Waals surface area (Å²) in [6.07, 6.45) is 2.20. The summed E-state index contributed by atoms with van der Waals surface area (Å²) >= 11 is 0. The van der Waals surface area contributed by atoms with Crippen LogP contribution in [0.5, 0.6) is 0 Å². The maximum absolute atomic E-state index is 11.1. The van der Waals surface area contributed by atoms with Gasteiger partial charge in [0, 0.05) is 0 Å². The van der Waals surface area contributed by atoms with Crippen LogP contribution in [-0.4, -0.2) is 26.6 Å². The van der Waals surface area contributed by atoms with Gasteiger partial charge in [-0.25, -0.2) is 14.9 Å². The van der Waals surface area contributed by atoms with E-state index in [4.69, 9.17) is 4.74 Å². The molecule has 1 aromatic heterocycles. The van der Waals surface area contributed by atoms with Crippen molar-refractivity contribution in [2.24, 2.45) is 0 Å². The Kier molecular flexibility index (Phi) is 2.50. The fourth-order valence-corrected chi connectivity index (χ4v) is 0.665. The van der Waals surface area contributed by atoms with Crippen LogP contribution in [0, 0.1) is 0 Å². The minimum Gasteiger partial charge on any atom is -0.443 e. The van der Waals surface area contributed by atoms with E-state index in [2.05, 4.69) is 15.6 Å². The van der Waals surface area contributed by atoms with Gasteiger partial charge in [0.2, 0.25) is 0 Å². The molecule has 0 aliphatic rings. The number of carbonyl (C=O) groups excluding carboxylic acids is 1. The molecule has 1 heterocycles. The first kappa shape index (κ1) is 9.50. The number of hydrogen-bond donors (Lipinski definition) is 1. The Bertz CT molecular complexity index is 275. The zero-order valence-electron chi connectivity index (χ0n) is 7.81. The van der Waals surface area contributed by atoms with Crippen LogP contribution in [0.25, 0.3) is 0 Å². The summed E-state index contributed by atoms with van der Waals surface area (Å²) in [5.74, 6) is 0. The quantitative estimate of drug-likeness (QED) is 0.699. The third-order valence-electron chi connectivity index (χ3n) is 1.04. The van der Waals surface area contributed by atoms with Crippen LogP contribution in [-0.2, 0) is 4.74 Å². The monoisotopic (exact) mass is 184 g/mol. The number of hydrogen-bond acceptors (Lipinski definition) is 4. The first-order valence-corrected chi connectivity index (χ1v) is 3.82. The van der Waals surface area contributed by atoms with Crippen molar-refractivity contribution in [1.29, 1.82) is 0 Å². The lowest BCUT2D eigenvalue weighted by molar-refractivity contribution is 0.0613. The first-order chi connectivity index (χ1) is 5.97. The van der Waals surface area contributed by atoms with E-state index in [0.717, 1.165) is 0 Å². The van der Waals surface area contributed by atoms with Crippen LogP contribution in [0.4, 0.5) is 4.79 Å². The van der Waals surface area contributed by atoms with Crippen LogP contribution in [0.2, 0.25) is 0 Å². The molecule has 0 bridgehead atoms. The highest BCUT2D eigenvalue weighted by Gasteiger charge is 2.15. The lowest BCUT2D eigenvalue weighted by Crippen LogP contribution is -2.31. The standard InChI is InChI=1S/C7H12N4O2/c1-7(2,3)13-6(12)10-11-4-8-9-5-11/h4-5H,1-3H3,(H,10,12). The molecule has 1 aromatic rings. The fourth-order valence-electron chi connectivity index (χ4n) is 0.665. The van der Waals surface area contributed by atoms with Gasteiger partial charge in [-0.2, -0.15) is 0 Å². The highest BCUT2D eigenvalue weighted by atomic mass is 16.6. The van der Waals surface area contributed by atoms with Crippen molar-refractivity contribution >= 4 is 6.09 Å². The minimum atomic E-state index is -0.535. The number of nitrogens with zero attached hydrogens (tertiary/aromatic N) is 3. The molecule has 0 unspecified atom stereocenters. The van der Waals surface area contributed by atoms with E-state index in [1.54, 1.807) is 20.8 Å². The van der Waals surface area contributed by atoms with Crippen LogP contribution < -0.4 is 5.43 Å². The van der Waals surface area contributed by atoms with Gasteiger partial charge in [0.25, 0.3) is 0 Å². The Morgan fingerprint density at radius 3 is 2.38 bits per heavy atom. The van der Waals surface area contributed by atoms with Crippen LogP contribution >= 0.6 is 0 Å². The van der Waals surface area contributed by atoms with Gasteiger partial charge in [-0.05, 0) is 20.8 Å². The van der Waals surface area contributed by atoms with Crippen molar-refractivity contribution in [2.45, 2.75) is 26.4 Å². The molecule has 0 aliphatic heterocycles. The number of carbonyl (C=O) groups is 1. The summed E-state index contributed by atoms with van der Waals surface area (Å²) in [5, 5.41) is 7.03. The third-order valence-corrected chi connectivity index (χ3v) is 1.04. The van der Waals surface area contributed by atoms with Gasteiger partial charge in [0.05, 0.1) is 0 Å². The second kappa shape index (κ2) is 3.42. The molecule has 6 nitrogen and oxygen atoms in total. The van der Waals surface area contributed by atoms with E-state index in [0.29, 0.717) is 0 Å². The zero-order valence-corrected chi connectivity index (χ0v) is 7.81. The number of aromatic nitrogens is 3. The molecule has 0 atom stereocenters. The SMILES string of the molecule is CC(C)(C)OC(=O)Nn1cnnc1. The summed E-state index contributed by atoms with van der Waals surface area (Å²) < 4.78 is 6.30. The average molecular weight is 184 g/mol. The lowest BCUT2D eigenvalue weighted by Gasteiger charge is -2.19. The molecule has 13 heavy (non-hydrogen) atoms. The number of ether oxygens (including phenoxy) is 1. The first-order valence-electron chi connectivity index (χ1n) is 3.82. The number of rotatable bonds is 1. The van der Waals surface area contributed by atoms with E-state index in [1.807, 2.05) is 0 Å². The van der Waals surface area contributed by atoms with Crippen LogP contribution in [0.1, 0.15) is 20.8 Å². The van der Waals surface area contributed by atoms with Crippen LogP contribution in [0.15, 0.2) is 12.7 Å². The predicted octanol–water partition coefficient (Wildman–Crippen LogP) is 0.757.